The van der Waals surface area contributed by atoms with Gasteiger partial charge in [-0.3, -0.25) is 0 Å². The Morgan fingerprint density at radius 2 is 1.89 bits per heavy atom. The highest BCUT2D eigenvalue weighted by Crippen LogP contribution is 2.27. The van der Waals surface area contributed by atoms with Crippen molar-refractivity contribution in [3.63, 3.8) is 0 Å². The average molecular weight is 409 g/mol. The summed E-state index contributed by atoms with van der Waals surface area (Å²) >= 11 is 7.60. The maximum Gasteiger partial charge on any atom is 0.109 e. The summed E-state index contributed by atoms with van der Waals surface area (Å²) in [6.45, 7) is 8.58. The maximum absolute atomic E-state index is 5.74. The minimum absolute atomic E-state index is 0.972. The van der Waals surface area contributed by atoms with Gasteiger partial charge >= 0.3 is 0 Å². The minimum Gasteiger partial charge on any atom is -0.358 e. The zero-order chi connectivity index (χ0) is 19.7. The molecule has 2 aromatic carbocycles. The molecular weight excluding hydrogens is 380 g/mol. The average Bonchev–Trinajstić information content (AvgIpc) is 3.23. The van der Waals surface area contributed by atoms with Gasteiger partial charge in [0.05, 0.1) is 0 Å². The van der Waals surface area contributed by atoms with Crippen LogP contribution in [0, 0.1) is 13.8 Å². The van der Waals surface area contributed by atoms with E-state index in [9.17, 15) is 0 Å². The molecule has 0 atom stereocenters. The van der Waals surface area contributed by atoms with E-state index in [1.54, 1.807) is 0 Å². The summed E-state index contributed by atoms with van der Waals surface area (Å²) in [5, 5.41) is 3.74. The van der Waals surface area contributed by atoms with Crippen molar-refractivity contribution >= 4 is 38.6 Å². The van der Waals surface area contributed by atoms with Crippen molar-refractivity contribution in [2.24, 2.45) is 0 Å². The number of hydrogen-bond acceptors (Lipinski definition) is 3. The van der Waals surface area contributed by atoms with Gasteiger partial charge in [-0.05, 0) is 85.4 Å². The number of nitrogens with zero attached hydrogens (tertiary/aromatic N) is 2. The zero-order valence-corrected chi connectivity index (χ0v) is 18.6. The summed E-state index contributed by atoms with van der Waals surface area (Å²) in [6, 6.07) is 13.3. The van der Waals surface area contributed by atoms with E-state index in [2.05, 4.69) is 72.5 Å². The first-order valence-electron chi connectivity index (χ1n) is 10.1. The van der Waals surface area contributed by atoms with Crippen LogP contribution in [-0.2, 0) is 13.0 Å². The second-order valence-corrected chi connectivity index (χ2v) is 9.28. The van der Waals surface area contributed by atoms with Gasteiger partial charge in [0.1, 0.15) is 4.99 Å². The maximum atomic E-state index is 5.74. The second-order valence-electron chi connectivity index (χ2n) is 7.98. The Morgan fingerprint density at radius 3 is 2.75 bits per heavy atom. The summed E-state index contributed by atoms with van der Waals surface area (Å²) in [7, 11) is 2.23. The Labute approximate surface area is 177 Å². The molecule has 0 spiro atoms. The Balaban J connectivity index is 1.26. The Hall–Kier alpha value is -1.75. The van der Waals surface area contributed by atoms with Crippen LogP contribution in [0.2, 0.25) is 0 Å². The number of aryl methyl sites for hydroxylation is 2. The van der Waals surface area contributed by atoms with Crippen molar-refractivity contribution in [2.45, 2.75) is 33.2 Å². The fraction of sp³-hybridized carbons (Fsp3) is 0.375. The van der Waals surface area contributed by atoms with Gasteiger partial charge in [0.2, 0.25) is 0 Å². The normalized spacial score (nSPS) is 13.7. The van der Waals surface area contributed by atoms with Crippen LogP contribution in [0.5, 0.6) is 0 Å². The molecule has 2 heterocycles. The number of rotatable bonds is 7. The lowest BCUT2D eigenvalue weighted by atomic mass is 10.0. The Morgan fingerprint density at radius 1 is 1.11 bits per heavy atom. The molecule has 146 valence electrons. The fourth-order valence-electron chi connectivity index (χ4n) is 4.02. The van der Waals surface area contributed by atoms with Crippen LogP contribution in [0.1, 0.15) is 34.2 Å². The molecule has 4 rings (SSSR count). The first-order valence-corrected chi connectivity index (χ1v) is 11.3. The molecule has 28 heavy (non-hydrogen) atoms. The number of thiophene rings is 1. The highest BCUT2D eigenvalue weighted by Gasteiger charge is 2.24. The number of fused-ring (bicyclic) bond motifs is 2. The molecule has 0 bridgehead atoms. The number of thiocarbonyl (C=S) groups is 1. The lowest BCUT2D eigenvalue weighted by molar-refractivity contribution is 0.310. The third-order valence-electron chi connectivity index (χ3n) is 5.89. The predicted molar refractivity (Wildman–Crippen MR) is 126 cm³/mol. The summed E-state index contributed by atoms with van der Waals surface area (Å²) in [6.07, 6.45) is 2.26. The summed E-state index contributed by atoms with van der Waals surface area (Å²) in [4.78, 5) is 5.86. The SMILES string of the molecule is Cc1cc2c(cc1C)C(=S)N(CCCN(C)CCc1csc3ccccc13)C2. The molecule has 0 saturated heterocycles. The first-order chi connectivity index (χ1) is 13.5. The monoisotopic (exact) mass is 408 g/mol. The van der Waals surface area contributed by atoms with Crippen LogP contribution in [-0.4, -0.2) is 41.5 Å². The molecule has 0 amide bonds. The fourth-order valence-corrected chi connectivity index (χ4v) is 5.36. The molecule has 3 aromatic rings. The van der Waals surface area contributed by atoms with Crippen molar-refractivity contribution in [3.8, 4) is 0 Å². The van der Waals surface area contributed by atoms with Crippen molar-refractivity contribution in [1.82, 2.24) is 9.80 Å². The van der Waals surface area contributed by atoms with Crippen LogP contribution in [0.3, 0.4) is 0 Å². The first kappa shape index (κ1) is 19.6. The summed E-state index contributed by atoms with van der Waals surface area (Å²) in [5.41, 5.74) is 6.85. The van der Waals surface area contributed by atoms with Gasteiger partial charge in [0, 0.05) is 29.9 Å². The van der Waals surface area contributed by atoms with Gasteiger partial charge in [-0.1, -0.05) is 36.5 Å². The van der Waals surface area contributed by atoms with Crippen LogP contribution in [0.25, 0.3) is 10.1 Å². The smallest absolute Gasteiger partial charge is 0.109 e. The Bertz CT molecular complexity index is 1010. The molecule has 0 N–H and O–H groups in total. The van der Waals surface area contributed by atoms with E-state index in [1.807, 2.05) is 11.3 Å². The summed E-state index contributed by atoms with van der Waals surface area (Å²) < 4.78 is 1.40. The van der Waals surface area contributed by atoms with E-state index in [0.29, 0.717) is 0 Å². The molecule has 1 aliphatic heterocycles. The van der Waals surface area contributed by atoms with E-state index in [4.69, 9.17) is 12.2 Å². The molecule has 4 heteroatoms. The minimum atomic E-state index is 0.972. The quantitative estimate of drug-likeness (QED) is 0.472. The second kappa shape index (κ2) is 8.32. The van der Waals surface area contributed by atoms with E-state index in [1.165, 1.54) is 37.9 Å². The van der Waals surface area contributed by atoms with Gasteiger partial charge in [-0.25, -0.2) is 0 Å². The molecule has 0 unspecified atom stereocenters. The number of likely N-dealkylation sites (N-methyl/N-ethyl adjacent to an activating group) is 1. The molecular formula is C24H28N2S2. The van der Waals surface area contributed by atoms with Gasteiger partial charge in [-0.2, -0.15) is 0 Å². The van der Waals surface area contributed by atoms with Crippen molar-refractivity contribution < 1.29 is 0 Å². The molecule has 0 radical (unpaired) electrons. The molecule has 0 fully saturated rings. The number of benzene rings is 2. The van der Waals surface area contributed by atoms with Gasteiger partial charge in [0.15, 0.2) is 0 Å². The molecule has 0 saturated carbocycles. The van der Waals surface area contributed by atoms with E-state index in [0.717, 1.165) is 44.0 Å². The summed E-state index contributed by atoms with van der Waals surface area (Å²) in [5.74, 6) is 0. The van der Waals surface area contributed by atoms with Gasteiger partial charge in [0.25, 0.3) is 0 Å². The third kappa shape index (κ3) is 4.00. The van der Waals surface area contributed by atoms with Crippen molar-refractivity contribution in [1.29, 1.82) is 0 Å². The third-order valence-corrected chi connectivity index (χ3v) is 7.38. The van der Waals surface area contributed by atoms with Gasteiger partial charge in [-0.15, -0.1) is 11.3 Å². The van der Waals surface area contributed by atoms with Crippen LogP contribution < -0.4 is 0 Å². The zero-order valence-electron chi connectivity index (χ0n) is 17.0. The Kier molecular flexibility index (Phi) is 5.81. The van der Waals surface area contributed by atoms with Crippen LogP contribution in [0.15, 0.2) is 41.8 Å². The van der Waals surface area contributed by atoms with E-state index < -0.39 is 0 Å². The lowest BCUT2D eigenvalue weighted by Crippen LogP contribution is -2.29. The predicted octanol–water partition coefficient (Wildman–Crippen LogP) is 5.57. The molecule has 1 aliphatic rings. The standard InChI is InChI=1S/C24H28N2S2/c1-17-13-20-15-26(24(27)22(20)14-18(17)2)11-6-10-25(3)12-9-19-16-28-23-8-5-4-7-21(19)23/h4-5,7-8,13-14,16H,6,9-12,15H2,1-3H3. The van der Waals surface area contributed by atoms with Crippen LogP contribution >= 0.6 is 23.6 Å². The van der Waals surface area contributed by atoms with Crippen molar-refractivity contribution in [3.05, 3.63) is 69.6 Å². The topological polar surface area (TPSA) is 6.48 Å². The van der Waals surface area contributed by atoms with Gasteiger partial charge < -0.3 is 9.80 Å². The highest BCUT2D eigenvalue weighted by atomic mass is 32.1. The largest absolute Gasteiger partial charge is 0.358 e. The molecule has 0 aliphatic carbocycles. The van der Waals surface area contributed by atoms with Crippen molar-refractivity contribution in [2.75, 3.05) is 26.7 Å². The highest BCUT2D eigenvalue weighted by molar-refractivity contribution is 7.80. The molecule has 2 nitrogen and oxygen atoms in total. The molecule has 1 aromatic heterocycles. The lowest BCUT2D eigenvalue weighted by Gasteiger charge is -2.21. The number of hydrogen-bond donors (Lipinski definition) is 0. The van der Waals surface area contributed by atoms with E-state index >= 15 is 0 Å². The van der Waals surface area contributed by atoms with Crippen LogP contribution in [0.4, 0.5) is 0 Å². The van der Waals surface area contributed by atoms with E-state index in [-0.39, 0.29) is 0 Å².